The zero-order valence-electron chi connectivity index (χ0n) is 12.3. The highest BCUT2D eigenvalue weighted by Gasteiger charge is 2.15. The van der Waals surface area contributed by atoms with Crippen LogP contribution in [0.4, 0.5) is 0 Å². The number of hydrogen-bond donors (Lipinski definition) is 0. The lowest BCUT2D eigenvalue weighted by Gasteiger charge is -2.03. The number of nitrogens with zero attached hydrogens (tertiary/aromatic N) is 5. The van der Waals surface area contributed by atoms with E-state index >= 15 is 0 Å². The van der Waals surface area contributed by atoms with Gasteiger partial charge in [-0.05, 0) is 36.8 Å². The number of fused-ring (bicyclic) bond motifs is 1. The highest BCUT2D eigenvalue weighted by Crippen LogP contribution is 2.25. The molecule has 0 atom stereocenters. The van der Waals surface area contributed by atoms with Gasteiger partial charge in [-0.1, -0.05) is 28.9 Å². The first-order valence-corrected chi connectivity index (χ1v) is 7.44. The van der Waals surface area contributed by atoms with Gasteiger partial charge in [0.2, 0.25) is 0 Å². The van der Waals surface area contributed by atoms with Crippen LogP contribution in [0, 0.1) is 6.92 Å². The third kappa shape index (κ3) is 2.57. The summed E-state index contributed by atoms with van der Waals surface area (Å²) in [5.41, 5.74) is 2.94. The fourth-order valence-electron chi connectivity index (χ4n) is 2.45. The van der Waals surface area contributed by atoms with Crippen molar-refractivity contribution in [1.82, 2.24) is 25.0 Å². The van der Waals surface area contributed by atoms with Gasteiger partial charge in [-0.15, -0.1) is 5.10 Å². The maximum absolute atomic E-state index is 6.03. The van der Waals surface area contributed by atoms with Crippen molar-refractivity contribution in [3.63, 3.8) is 0 Å². The van der Waals surface area contributed by atoms with E-state index in [1.54, 1.807) is 4.68 Å². The molecule has 0 radical (unpaired) electrons. The molecule has 7 heteroatoms. The lowest BCUT2D eigenvalue weighted by atomic mass is 10.2. The third-order valence-corrected chi connectivity index (χ3v) is 3.73. The highest BCUT2D eigenvalue weighted by molar-refractivity contribution is 6.30. The van der Waals surface area contributed by atoms with Gasteiger partial charge in [-0.2, -0.15) is 0 Å². The molecule has 23 heavy (non-hydrogen) atoms. The Morgan fingerprint density at radius 2 is 2.09 bits per heavy atom. The second-order valence-electron chi connectivity index (χ2n) is 5.18. The molecule has 6 nitrogen and oxygen atoms in total. The summed E-state index contributed by atoms with van der Waals surface area (Å²) in [7, 11) is 0. The molecule has 0 fully saturated rings. The predicted molar refractivity (Wildman–Crippen MR) is 86.1 cm³/mol. The van der Waals surface area contributed by atoms with Crippen molar-refractivity contribution in [2.45, 2.75) is 13.5 Å². The molecule has 0 saturated carbocycles. The average molecular weight is 326 g/mol. The standard InChI is InChI=1S/C16H12ClN5O/c1-10-5-6-13(23-10)14-15-16(19-9-18-14)22(21-20-15)8-11-3-2-4-12(17)7-11/h2-7,9H,8H2,1H3. The maximum Gasteiger partial charge on any atom is 0.182 e. The monoisotopic (exact) mass is 325 g/mol. The predicted octanol–water partition coefficient (Wildman–Crippen LogP) is 3.49. The quantitative estimate of drug-likeness (QED) is 0.576. The van der Waals surface area contributed by atoms with Gasteiger partial charge in [-0.3, -0.25) is 0 Å². The van der Waals surface area contributed by atoms with Gasteiger partial charge in [-0.25, -0.2) is 14.6 Å². The molecule has 4 aromatic rings. The smallest absolute Gasteiger partial charge is 0.182 e. The summed E-state index contributed by atoms with van der Waals surface area (Å²) in [4.78, 5) is 8.59. The Labute approximate surface area is 136 Å². The fourth-order valence-corrected chi connectivity index (χ4v) is 2.66. The van der Waals surface area contributed by atoms with Crippen LogP contribution in [0.3, 0.4) is 0 Å². The van der Waals surface area contributed by atoms with E-state index in [9.17, 15) is 0 Å². The van der Waals surface area contributed by atoms with Crippen LogP contribution < -0.4 is 0 Å². The molecule has 3 heterocycles. The molecule has 0 N–H and O–H groups in total. The lowest BCUT2D eigenvalue weighted by Crippen LogP contribution is -2.03. The summed E-state index contributed by atoms with van der Waals surface area (Å²) >= 11 is 6.03. The molecule has 0 unspecified atom stereocenters. The van der Waals surface area contributed by atoms with Crippen molar-refractivity contribution in [3.8, 4) is 11.5 Å². The van der Waals surface area contributed by atoms with Crippen LogP contribution in [0.5, 0.6) is 0 Å². The number of aryl methyl sites for hydroxylation is 1. The first-order chi connectivity index (χ1) is 11.2. The Balaban J connectivity index is 1.78. The van der Waals surface area contributed by atoms with E-state index in [-0.39, 0.29) is 0 Å². The number of halogens is 1. The van der Waals surface area contributed by atoms with Crippen molar-refractivity contribution in [3.05, 3.63) is 59.1 Å². The van der Waals surface area contributed by atoms with Gasteiger partial charge in [0.15, 0.2) is 16.9 Å². The number of aromatic nitrogens is 5. The number of rotatable bonds is 3. The molecule has 114 valence electrons. The van der Waals surface area contributed by atoms with Crippen LogP contribution in [0.2, 0.25) is 5.02 Å². The summed E-state index contributed by atoms with van der Waals surface area (Å²) in [5, 5.41) is 9.10. The van der Waals surface area contributed by atoms with Gasteiger partial charge in [0.1, 0.15) is 17.8 Å². The Morgan fingerprint density at radius 3 is 2.87 bits per heavy atom. The third-order valence-electron chi connectivity index (χ3n) is 3.50. The molecule has 0 aliphatic carbocycles. The van der Waals surface area contributed by atoms with Gasteiger partial charge in [0, 0.05) is 5.02 Å². The zero-order chi connectivity index (χ0) is 15.8. The van der Waals surface area contributed by atoms with Crippen LogP contribution in [0.15, 0.2) is 47.1 Å². The first-order valence-electron chi connectivity index (χ1n) is 7.06. The summed E-state index contributed by atoms with van der Waals surface area (Å²) < 4.78 is 7.36. The van der Waals surface area contributed by atoms with E-state index in [1.807, 2.05) is 43.3 Å². The van der Waals surface area contributed by atoms with Crippen LogP contribution in [0.1, 0.15) is 11.3 Å². The largest absolute Gasteiger partial charge is 0.460 e. The number of hydrogen-bond acceptors (Lipinski definition) is 5. The molecule has 0 aliphatic heterocycles. The Morgan fingerprint density at radius 1 is 1.17 bits per heavy atom. The Kier molecular flexibility index (Phi) is 3.31. The van der Waals surface area contributed by atoms with E-state index < -0.39 is 0 Å². The number of furan rings is 1. The molecule has 0 amide bonds. The zero-order valence-corrected chi connectivity index (χ0v) is 13.0. The van der Waals surface area contributed by atoms with Crippen LogP contribution in [-0.4, -0.2) is 25.0 Å². The van der Waals surface area contributed by atoms with Gasteiger partial charge in [0.25, 0.3) is 0 Å². The van der Waals surface area contributed by atoms with Crippen molar-refractivity contribution >= 4 is 22.8 Å². The molecule has 3 aromatic heterocycles. The second-order valence-corrected chi connectivity index (χ2v) is 5.62. The average Bonchev–Trinajstić information content (AvgIpc) is 3.14. The Bertz CT molecular complexity index is 991. The molecular formula is C16H12ClN5O. The molecule has 1 aromatic carbocycles. The van der Waals surface area contributed by atoms with E-state index in [4.69, 9.17) is 16.0 Å². The summed E-state index contributed by atoms with van der Waals surface area (Å²) in [6, 6.07) is 11.4. The minimum absolute atomic E-state index is 0.532. The highest BCUT2D eigenvalue weighted by atomic mass is 35.5. The maximum atomic E-state index is 6.03. The van der Waals surface area contributed by atoms with Gasteiger partial charge in [0.05, 0.1) is 6.54 Å². The van der Waals surface area contributed by atoms with Crippen LogP contribution >= 0.6 is 11.6 Å². The van der Waals surface area contributed by atoms with Crippen LogP contribution in [-0.2, 0) is 6.54 Å². The summed E-state index contributed by atoms with van der Waals surface area (Å²) in [6.07, 6.45) is 1.49. The van der Waals surface area contributed by atoms with E-state index in [2.05, 4.69) is 20.3 Å². The summed E-state index contributed by atoms with van der Waals surface area (Å²) in [6.45, 7) is 2.42. The van der Waals surface area contributed by atoms with E-state index in [0.29, 0.717) is 34.2 Å². The topological polar surface area (TPSA) is 69.6 Å². The van der Waals surface area contributed by atoms with Gasteiger partial charge >= 0.3 is 0 Å². The van der Waals surface area contributed by atoms with E-state index in [1.165, 1.54) is 6.33 Å². The fraction of sp³-hybridized carbons (Fsp3) is 0.125. The SMILES string of the molecule is Cc1ccc(-c2ncnc3c2nnn3Cc2cccc(Cl)c2)o1. The summed E-state index contributed by atoms with van der Waals surface area (Å²) in [5.74, 6) is 1.47. The minimum Gasteiger partial charge on any atom is -0.460 e. The van der Waals surface area contributed by atoms with Crippen molar-refractivity contribution < 1.29 is 4.42 Å². The second kappa shape index (κ2) is 5.48. The van der Waals surface area contributed by atoms with E-state index in [0.717, 1.165) is 11.3 Å². The Hall–Kier alpha value is -2.73. The minimum atomic E-state index is 0.532. The van der Waals surface area contributed by atoms with Crippen molar-refractivity contribution in [2.24, 2.45) is 0 Å². The van der Waals surface area contributed by atoms with Gasteiger partial charge < -0.3 is 4.42 Å². The molecule has 0 bridgehead atoms. The normalized spacial score (nSPS) is 11.2. The molecular weight excluding hydrogens is 314 g/mol. The van der Waals surface area contributed by atoms with Crippen molar-refractivity contribution in [1.29, 1.82) is 0 Å². The molecule has 4 rings (SSSR count). The lowest BCUT2D eigenvalue weighted by molar-refractivity contribution is 0.547. The van der Waals surface area contributed by atoms with Crippen LogP contribution in [0.25, 0.3) is 22.6 Å². The molecule has 0 aliphatic rings. The molecule has 0 saturated heterocycles. The first kappa shape index (κ1) is 13.9. The van der Waals surface area contributed by atoms with Crippen molar-refractivity contribution in [2.75, 3.05) is 0 Å². The number of benzene rings is 1. The molecule has 0 spiro atoms.